The van der Waals surface area contributed by atoms with E-state index >= 15 is 0 Å². The third kappa shape index (κ3) is 2.50. The molecule has 2 aromatic rings. The summed E-state index contributed by atoms with van der Waals surface area (Å²) in [5, 5.41) is 14.6. The van der Waals surface area contributed by atoms with Crippen LogP contribution in [0.3, 0.4) is 0 Å². The van der Waals surface area contributed by atoms with Gasteiger partial charge in [0.25, 0.3) is 0 Å². The highest BCUT2D eigenvalue weighted by Crippen LogP contribution is 2.35. The number of ether oxygens (including phenoxy) is 1. The van der Waals surface area contributed by atoms with Gasteiger partial charge in [0.2, 0.25) is 0 Å². The van der Waals surface area contributed by atoms with E-state index in [2.05, 4.69) is 21.0 Å². The highest BCUT2D eigenvalue weighted by atomic mass is 79.9. The first kappa shape index (κ1) is 14.0. The predicted molar refractivity (Wildman–Crippen MR) is 72.6 cm³/mol. The van der Waals surface area contributed by atoms with E-state index in [1.165, 1.54) is 19.2 Å². The van der Waals surface area contributed by atoms with E-state index in [1.54, 1.807) is 16.9 Å². The van der Waals surface area contributed by atoms with Crippen molar-refractivity contribution in [3.05, 3.63) is 45.9 Å². The van der Waals surface area contributed by atoms with Crippen molar-refractivity contribution in [1.82, 2.24) is 9.78 Å². The lowest BCUT2D eigenvalue weighted by atomic mass is 10.0. The van der Waals surface area contributed by atoms with Gasteiger partial charge in [0.1, 0.15) is 17.7 Å². The summed E-state index contributed by atoms with van der Waals surface area (Å²) in [5.41, 5.74) is 0.617. The fourth-order valence-corrected chi connectivity index (χ4v) is 2.51. The number of aromatic nitrogens is 2. The smallest absolute Gasteiger partial charge is 0.133 e. The average molecular weight is 329 g/mol. The van der Waals surface area contributed by atoms with E-state index in [1.807, 2.05) is 6.92 Å². The molecule has 1 atom stereocenters. The summed E-state index contributed by atoms with van der Waals surface area (Å²) in [5.74, 6) is -0.203. The standard InChI is InChI=1S/C13H14BrFN2O2/c1-3-17-12(8(14)7-16-17)13(18)11-9(15)5-4-6-10(11)19-2/h4-7,13,18H,3H2,1-2H3. The molecular formula is C13H14BrFN2O2. The van der Waals surface area contributed by atoms with E-state index in [4.69, 9.17) is 4.74 Å². The Morgan fingerprint density at radius 1 is 1.53 bits per heavy atom. The number of hydrogen-bond acceptors (Lipinski definition) is 3. The molecule has 1 N–H and O–H groups in total. The Labute approximate surface area is 118 Å². The Hall–Kier alpha value is -1.40. The van der Waals surface area contributed by atoms with Crippen LogP contribution in [0.5, 0.6) is 5.75 Å². The van der Waals surface area contributed by atoms with Gasteiger partial charge in [0.05, 0.1) is 29.0 Å². The second kappa shape index (κ2) is 5.71. The third-order valence-electron chi connectivity index (χ3n) is 2.90. The molecule has 0 aliphatic carbocycles. The van der Waals surface area contributed by atoms with Crippen molar-refractivity contribution in [2.24, 2.45) is 0 Å². The zero-order valence-electron chi connectivity index (χ0n) is 10.6. The van der Waals surface area contributed by atoms with E-state index in [-0.39, 0.29) is 5.56 Å². The summed E-state index contributed by atoms with van der Waals surface area (Å²) in [6, 6.07) is 4.44. The SMILES string of the molecule is CCn1ncc(Br)c1C(O)c1c(F)cccc1OC. The number of benzene rings is 1. The van der Waals surface area contributed by atoms with Crippen LogP contribution in [0.15, 0.2) is 28.9 Å². The van der Waals surface area contributed by atoms with Crippen LogP contribution in [-0.4, -0.2) is 22.0 Å². The molecular weight excluding hydrogens is 315 g/mol. The van der Waals surface area contributed by atoms with E-state index in [0.717, 1.165) is 0 Å². The molecule has 0 fully saturated rings. The van der Waals surface area contributed by atoms with Crippen LogP contribution in [-0.2, 0) is 6.54 Å². The molecule has 0 aliphatic heterocycles. The van der Waals surface area contributed by atoms with Crippen LogP contribution in [0, 0.1) is 5.82 Å². The highest BCUT2D eigenvalue weighted by molar-refractivity contribution is 9.10. The van der Waals surface area contributed by atoms with Crippen molar-refractivity contribution in [3.63, 3.8) is 0 Å². The molecule has 2 rings (SSSR count). The Morgan fingerprint density at radius 3 is 2.89 bits per heavy atom. The molecule has 102 valence electrons. The molecule has 0 bridgehead atoms. The third-order valence-corrected chi connectivity index (χ3v) is 3.51. The Morgan fingerprint density at radius 2 is 2.26 bits per heavy atom. The molecule has 1 unspecified atom stereocenters. The number of aryl methyl sites for hydroxylation is 1. The summed E-state index contributed by atoms with van der Waals surface area (Å²) < 4.78 is 21.3. The lowest BCUT2D eigenvalue weighted by molar-refractivity contribution is 0.196. The quantitative estimate of drug-likeness (QED) is 0.938. The molecule has 4 nitrogen and oxygen atoms in total. The monoisotopic (exact) mass is 328 g/mol. The largest absolute Gasteiger partial charge is 0.496 e. The fourth-order valence-electron chi connectivity index (χ4n) is 1.99. The molecule has 0 radical (unpaired) electrons. The number of hydrogen-bond donors (Lipinski definition) is 1. The second-order valence-corrected chi connectivity index (χ2v) is 4.81. The van der Waals surface area contributed by atoms with Gasteiger partial charge in [0.15, 0.2) is 0 Å². The molecule has 0 saturated carbocycles. The van der Waals surface area contributed by atoms with Crippen molar-refractivity contribution in [3.8, 4) is 5.75 Å². The van der Waals surface area contributed by atoms with Gasteiger partial charge in [0, 0.05) is 6.54 Å². The first-order valence-electron chi connectivity index (χ1n) is 5.81. The molecule has 0 spiro atoms. The zero-order chi connectivity index (χ0) is 14.0. The van der Waals surface area contributed by atoms with Crippen molar-refractivity contribution in [2.75, 3.05) is 7.11 Å². The summed E-state index contributed by atoms with van der Waals surface area (Å²) in [7, 11) is 1.44. The van der Waals surface area contributed by atoms with E-state index < -0.39 is 11.9 Å². The number of nitrogens with zero attached hydrogens (tertiary/aromatic N) is 2. The minimum absolute atomic E-state index is 0.112. The number of aliphatic hydroxyl groups is 1. The first-order valence-corrected chi connectivity index (χ1v) is 6.61. The normalized spacial score (nSPS) is 12.5. The zero-order valence-corrected chi connectivity index (χ0v) is 12.2. The lowest BCUT2D eigenvalue weighted by Gasteiger charge is -2.17. The van der Waals surface area contributed by atoms with Crippen molar-refractivity contribution in [1.29, 1.82) is 0 Å². The predicted octanol–water partition coefficient (Wildman–Crippen LogP) is 2.89. The van der Waals surface area contributed by atoms with Gasteiger partial charge < -0.3 is 9.84 Å². The van der Waals surface area contributed by atoms with Crippen LogP contribution in [0.2, 0.25) is 0 Å². The Kier molecular flexibility index (Phi) is 4.21. The fraction of sp³-hybridized carbons (Fsp3) is 0.308. The summed E-state index contributed by atoms with van der Waals surface area (Å²) >= 11 is 3.32. The Balaban J connectivity index is 2.55. The molecule has 6 heteroatoms. The van der Waals surface area contributed by atoms with E-state index in [9.17, 15) is 9.50 Å². The van der Waals surface area contributed by atoms with Crippen molar-refractivity contribution < 1.29 is 14.2 Å². The number of aliphatic hydroxyl groups excluding tert-OH is 1. The van der Waals surface area contributed by atoms with Crippen LogP contribution in [0.1, 0.15) is 24.3 Å². The Bertz CT molecular complexity index is 586. The van der Waals surface area contributed by atoms with Crippen LogP contribution >= 0.6 is 15.9 Å². The van der Waals surface area contributed by atoms with Crippen molar-refractivity contribution >= 4 is 15.9 Å². The molecule has 19 heavy (non-hydrogen) atoms. The molecule has 0 saturated heterocycles. The number of halogens is 2. The molecule has 0 amide bonds. The summed E-state index contributed by atoms with van der Waals surface area (Å²) in [4.78, 5) is 0. The number of rotatable bonds is 4. The van der Waals surface area contributed by atoms with Crippen molar-refractivity contribution in [2.45, 2.75) is 19.6 Å². The average Bonchev–Trinajstić information content (AvgIpc) is 2.78. The maximum atomic E-state index is 14.0. The highest BCUT2D eigenvalue weighted by Gasteiger charge is 2.25. The van der Waals surface area contributed by atoms with Gasteiger partial charge in [-0.1, -0.05) is 6.07 Å². The topological polar surface area (TPSA) is 47.3 Å². The first-order chi connectivity index (χ1) is 9.10. The minimum Gasteiger partial charge on any atom is -0.496 e. The molecule has 1 aromatic heterocycles. The lowest BCUT2D eigenvalue weighted by Crippen LogP contribution is -2.12. The second-order valence-electron chi connectivity index (χ2n) is 3.95. The summed E-state index contributed by atoms with van der Waals surface area (Å²) in [6.07, 6.45) is 0.433. The van der Waals surface area contributed by atoms with Gasteiger partial charge in [-0.25, -0.2) is 4.39 Å². The van der Waals surface area contributed by atoms with E-state index in [0.29, 0.717) is 22.5 Å². The van der Waals surface area contributed by atoms with Gasteiger partial charge >= 0.3 is 0 Å². The molecule has 0 aliphatic rings. The van der Waals surface area contributed by atoms with Crippen LogP contribution < -0.4 is 4.74 Å². The van der Waals surface area contributed by atoms with Crippen LogP contribution in [0.25, 0.3) is 0 Å². The minimum atomic E-state index is -1.15. The van der Waals surface area contributed by atoms with Gasteiger partial charge in [-0.2, -0.15) is 5.10 Å². The maximum Gasteiger partial charge on any atom is 0.133 e. The van der Waals surface area contributed by atoms with Gasteiger partial charge in [-0.05, 0) is 35.0 Å². The molecule has 1 heterocycles. The molecule has 1 aromatic carbocycles. The maximum absolute atomic E-state index is 14.0. The van der Waals surface area contributed by atoms with Crippen LogP contribution in [0.4, 0.5) is 4.39 Å². The summed E-state index contributed by atoms with van der Waals surface area (Å²) in [6.45, 7) is 2.48. The van der Waals surface area contributed by atoms with Gasteiger partial charge in [-0.3, -0.25) is 4.68 Å². The number of methoxy groups -OCH3 is 1. The van der Waals surface area contributed by atoms with Gasteiger partial charge in [-0.15, -0.1) is 0 Å².